The lowest BCUT2D eigenvalue weighted by molar-refractivity contribution is 0.0310. The normalized spacial score (nSPS) is 15.5. The number of phenolic OH excluding ortho intramolecular Hbond substituents is 1. The molecular formula is C84H94B2N4O19. The van der Waals surface area contributed by atoms with Crippen molar-refractivity contribution in [2.24, 2.45) is 10.8 Å². The number of carbonyl (C=O) groups excluding carboxylic acids is 7. The van der Waals surface area contributed by atoms with E-state index in [2.05, 4.69) is 97.1 Å². The van der Waals surface area contributed by atoms with Crippen LogP contribution in [0.1, 0.15) is 161 Å². The van der Waals surface area contributed by atoms with Crippen LogP contribution in [0.3, 0.4) is 0 Å². The van der Waals surface area contributed by atoms with Gasteiger partial charge in [0.2, 0.25) is 0 Å². The first-order chi connectivity index (χ1) is 52.2. The maximum absolute atomic E-state index is 13.5. The van der Waals surface area contributed by atoms with Crippen molar-refractivity contribution < 1.29 is 91.2 Å². The van der Waals surface area contributed by atoms with E-state index in [1.54, 1.807) is 41.3 Å². The van der Waals surface area contributed by atoms with Gasteiger partial charge in [-0.25, -0.2) is 24.0 Å². The third kappa shape index (κ3) is 22.1. The van der Waals surface area contributed by atoms with Gasteiger partial charge in [-0.1, -0.05) is 137 Å². The number of aromatic hydroxyl groups is 2. The largest absolute Gasteiger partial charge is 0.507 e. The highest BCUT2D eigenvalue weighted by molar-refractivity contribution is 6.63. The van der Waals surface area contributed by atoms with E-state index in [1.165, 1.54) is 92.5 Å². The number of rotatable bonds is 9. The Balaban J connectivity index is 0.000000158. The van der Waals surface area contributed by atoms with Crippen LogP contribution in [0, 0.1) is 17.8 Å². The molecule has 0 saturated carbocycles. The number of carbonyl (C=O) groups is 8. The number of carboxylic acid groups (broad SMARTS) is 1. The van der Waals surface area contributed by atoms with Crippen LogP contribution in [0.5, 0.6) is 11.5 Å². The van der Waals surface area contributed by atoms with Crippen molar-refractivity contribution in [2.45, 2.75) is 93.3 Å². The van der Waals surface area contributed by atoms with E-state index in [1.807, 2.05) is 66.0 Å². The predicted molar refractivity (Wildman–Crippen MR) is 411 cm³/mol. The number of phenols is 2. The molecule has 4 N–H and O–H groups in total. The van der Waals surface area contributed by atoms with Gasteiger partial charge in [0.25, 0.3) is 17.7 Å². The summed E-state index contributed by atoms with van der Waals surface area (Å²) in [6, 6.07) is 50.7. The molecule has 2 fully saturated rings. The third-order valence-corrected chi connectivity index (χ3v) is 19.1. The topological polar surface area (TPSA) is 293 Å². The highest BCUT2D eigenvalue weighted by atomic mass is 16.6. The first-order valence-electron chi connectivity index (χ1n) is 36.0. The van der Waals surface area contributed by atoms with Crippen LogP contribution < -0.4 is 10.8 Å². The maximum atomic E-state index is 13.5. The zero-order valence-electron chi connectivity index (χ0n) is 63.3. The van der Waals surface area contributed by atoms with Gasteiger partial charge in [-0.3, -0.25) is 14.4 Å². The molecule has 0 radical (unpaired) electrons. The summed E-state index contributed by atoms with van der Waals surface area (Å²) in [6.45, 7) is 20.6. The zero-order valence-corrected chi connectivity index (χ0v) is 63.3. The van der Waals surface area contributed by atoms with Crippen LogP contribution in [0.4, 0.5) is 0 Å². The summed E-state index contributed by atoms with van der Waals surface area (Å²) in [5.41, 5.74) is 13.7. The van der Waals surface area contributed by atoms with E-state index in [4.69, 9.17) is 38.3 Å². The minimum atomic E-state index is -1.30. The molecule has 570 valence electrons. The molecular weight excluding hydrogens is 1390 g/mol. The van der Waals surface area contributed by atoms with Crippen molar-refractivity contribution in [3.63, 3.8) is 0 Å². The summed E-state index contributed by atoms with van der Waals surface area (Å²) in [6.07, 6.45) is 3.63. The molecule has 8 aromatic carbocycles. The van der Waals surface area contributed by atoms with Crippen molar-refractivity contribution in [3.05, 3.63) is 264 Å². The Labute approximate surface area is 636 Å². The number of ether oxygens (including phenoxy) is 4. The second-order valence-corrected chi connectivity index (χ2v) is 28.5. The standard InChI is InChI=1S/C23H26BNO5.C19H19NO3.C18H17NO4.C9H11N.C9H8O5.C6H13BO2/c1-23(2)14-29-24(30-15-23)20-9-8-17(22(27)28-3)12-19(20)21(26)25-11-10-16-6-4-5-7-18(16)13-25;1-13-7-8-15(19(22)23-2)11-17(13)18(21)20-10-9-14-5-3-4-6-16(14)12-20;1-23-18(22)13-6-7-16(20)15(10-13)17(21)19-9-8-12-4-2-3-5-14(12)11-19;1-2-4-9-7-10-6-5-8(9)3-1;1-14-9(13)5-2-3-7(10)6(4-5)8(11)12;1-6(2)4-8-7(3)9-5-6/h4-9,12H,10-11,13-15H2,1-3H3;3-8,11H,9-10,12H2,1-2H3;2-7,10,20H,8-9,11H2,1H3;1-4,10H,5-7H2;2-4,10H,1H3,(H,11,12);4-5H2,1-3H3. The van der Waals surface area contributed by atoms with E-state index < -0.39 is 37.0 Å². The average molecular weight is 1490 g/mol. The summed E-state index contributed by atoms with van der Waals surface area (Å²) >= 11 is 0. The fraction of sp³-hybridized carbons (Fsp3) is 0.333. The van der Waals surface area contributed by atoms with Crippen molar-refractivity contribution in [1.82, 2.24) is 20.0 Å². The van der Waals surface area contributed by atoms with Crippen LogP contribution in [0.2, 0.25) is 6.82 Å². The number of hydrogen-bond donors (Lipinski definition) is 4. The second kappa shape index (κ2) is 38.2. The maximum Gasteiger partial charge on any atom is 0.494 e. The number of benzene rings is 8. The number of methoxy groups -OCH3 is 4. The van der Waals surface area contributed by atoms with Gasteiger partial charge in [0.05, 0.1) is 56.3 Å². The Morgan fingerprint density at radius 2 is 0.743 bits per heavy atom. The van der Waals surface area contributed by atoms with Gasteiger partial charge in [0.1, 0.15) is 17.1 Å². The van der Waals surface area contributed by atoms with E-state index in [9.17, 15) is 43.5 Å². The number of nitrogens with zero attached hydrogens (tertiary/aromatic N) is 3. The van der Waals surface area contributed by atoms with Gasteiger partial charge < -0.3 is 72.9 Å². The Bertz CT molecular complexity index is 4430. The summed E-state index contributed by atoms with van der Waals surface area (Å²) in [5, 5.41) is 31.1. The number of carboxylic acids is 1. The molecule has 0 aromatic heterocycles. The van der Waals surface area contributed by atoms with Gasteiger partial charge in [-0.2, -0.15) is 0 Å². The SMILES string of the molecule is CB1OCC(C)(C)CO1.COC(=O)c1ccc(B2OCC(C)(C)CO2)c(C(=O)N2CCc3ccccc3C2)c1.COC(=O)c1ccc(C)c(C(=O)N2CCc3ccccc3C2)c1.COC(=O)c1ccc(O)c(C(=O)N2CCc3ccccc3C2)c1.COC(=O)c1ccc(O)c(C(=O)O)c1.c1ccc2c(c1)CCNC2. The van der Waals surface area contributed by atoms with Gasteiger partial charge in [-0.05, 0) is 162 Å². The molecule has 0 spiro atoms. The predicted octanol–water partition coefficient (Wildman–Crippen LogP) is 11.2. The minimum Gasteiger partial charge on any atom is -0.507 e. The van der Waals surface area contributed by atoms with Crippen molar-refractivity contribution in [2.75, 3.05) is 81.0 Å². The number of aromatic carboxylic acids is 1. The molecule has 6 heterocycles. The van der Waals surface area contributed by atoms with Gasteiger partial charge in [-0.15, -0.1) is 0 Å². The fourth-order valence-electron chi connectivity index (χ4n) is 12.8. The molecule has 0 bridgehead atoms. The van der Waals surface area contributed by atoms with Crippen LogP contribution in [0.15, 0.2) is 170 Å². The molecule has 23 nitrogen and oxygen atoms in total. The monoisotopic (exact) mass is 1480 g/mol. The summed E-state index contributed by atoms with van der Waals surface area (Å²) in [7, 11) is 4.49. The van der Waals surface area contributed by atoms with Crippen LogP contribution >= 0.6 is 0 Å². The highest BCUT2D eigenvalue weighted by Gasteiger charge is 2.38. The molecule has 6 aliphatic heterocycles. The van der Waals surface area contributed by atoms with Crippen molar-refractivity contribution in [1.29, 1.82) is 0 Å². The summed E-state index contributed by atoms with van der Waals surface area (Å²) in [4.78, 5) is 101. The molecule has 109 heavy (non-hydrogen) atoms. The lowest BCUT2D eigenvalue weighted by Crippen LogP contribution is -2.50. The Hall–Kier alpha value is -11.0. The summed E-state index contributed by atoms with van der Waals surface area (Å²) in [5.74, 6) is -4.38. The third-order valence-electron chi connectivity index (χ3n) is 19.1. The van der Waals surface area contributed by atoms with Crippen LogP contribution in [-0.2, 0) is 89.4 Å². The summed E-state index contributed by atoms with van der Waals surface area (Å²) < 4.78 is 41.0. The van der Waals surface area contributed by atoms with E-state index in [0.717, 1.165) is 74.4 Å². The Kier molecular flexibility index (Phi) is 28.8. The first-order valence-corrected chi connectivity index (χ1v) is 36.0. The second-order valence-electron chi connectivity index (χ2n) is 28.5. The average Bonchev–Trinajstić information content (AvgIpc) is 0.803. The van der Waals surface area contributed by atoms with Gasteiger partial charge in [0, 0.05) is 94.2 Å². The molecule has 3 amide bonds. The van der Waals surface area contributed by atoms with Gasteiger partial charge >= 0.3 is 44.1 Å². The molecule has 8 aromatic rings. The number of esters is 4. The number of aryl methyl sites for hydroxylation is 1. The molecule has 0 aliphatic carbocycles. The molecule has 2 saturated heterocycles. The highest BCUT2D eigenvalue weighted by Crippen LogP contribution is 2.29. The van der Waals surface area contributed by atoms with E-state index in [0.29, 0.717) is 80.2 Å². The molecule has 0 unspecified atom stereocenters. The van der Waals surface area contributed by atoms with E-state index >= 15 is 0 Å². The number of hydrogen-bond acceptors (Lipinski definition) is 19. The van der Waals surface area contributed by atoms with E-state index in [-0.39, 0.29) is 69.4 Å². The number of fused-ring (bicyclic) bond motifs is 4. The van der Waals surface area contributed by atoms with Crippen LogP contribution in [0.25, 0.3) is 0 Å². The Morgan fingerprint density at radius 3 is 1.15 bits per heavy atom. The Morgan fingerprint density at radius 1 is 0.413 bits per heavy atom. The molecule has 6 aliphatic rings. The lowest BCUT2D eigenvalue weighted by atomic mass is 9.72. The van der Waals surface area contributed by atoms with Gasteiger partial charge in [0.15, 0.2) is 0 Å². The minimum absolute atomic E-state index is 0.00183. The number of nitrogens with one attached hydrogen (secondary N) is 1. The smallest absolute Gasteiger partial charge is 0.494 e. The molecule has 0 atom stereocenters. The fourth-order valence-corrected chi connectivity index (χ4v) is 12.8. The van der Waals surface area contributed by atoms with Crippen molar-refractivity contribution in [3.8, 4) is 11.5 Å². The quantitative estimate of drug-likeness (QED) is 0.0593. The lowest BCUT2D eigenvalue weighted by Gasteiger charge is -2.34. The first kappa shape index (κ1) is 82.1. The van der Waals surface area contributed by atoms with Crippen LogP contribution in [-0.4, -0.2) is 173 Å². The molecule has 14 rings (SSSR count). The number of amides is 3. The van der Waals surface area contributed by atoms with Crippen molar-refractivity contribution >= 4 is 67.3 Å². The molecule has 25 heteroatoms. The zero-order chi connectivity index (χ0) is 78.5.